The first-order valence-corrected chi connectivity index (χ1v) is 5.53. The lowest BCUT2D eigenvalue weighted by molar-refractivity contribution is 0.0949. The van der Waals surface area contributed by atoms with E-state index in [9.17, 15) is 4.79 Å². The average molecular weight is 208 g/mol. The fraction of sp³-hybridized carbons (Fsp3) is 0.300. The molecule has 4 heteroatoms. The van der Waals surface area contributed by atoms with Crippen molar-refractivity contribution in [2.45, 2.75) is 13.3 Å². The number of thiophene rings is 1. The Kier molecular flexibility index (Phi) is 2.54. The molecule has 0 aromatic carbocycles. The molecule has 1 amide bonds. The van der Waals surface area contributed by atoms with E-state index in [-0.39, 0.29) is 5.91 Å². The maximum Gasteiger partial charge on any atom is 0.267 e. The minimum absolute atomic E-state index is 0.0183. The van der Waals surface area contributed by atoms with Gasteiger partial charge in [-0.2, -0.15) is 0 Å². The Labute approximate surface area is 86.1 Å². The molecule has 0 atom stereocenters. The van der Waals surface area contributed by atoms with Gasteiger partial charge in [0, 0.05) is 6.54 Å². The van der Waals surface area contributed by atoms with Crippen molar-refractivity contribution in [2.24, 2.45) is 0 Å². The van der Waals surface area contributed by atoms with Crippen molar-refractivity contribution in [2.75, 3.05) is 6.54 Å². The Morgan fingerprint density at radius 2 is 2.50 bits per heavy atom. The third-order valence-corrected chi connectivity index (χ3v) is 2.88. The first-order valence-electron chi connectivity index (χ1n) is 4.65. The van der Waals surface area contributed by atoms with Gasteiger partial charge >= 0.3 is 0 Å². The molecule has 0 bridgehead atoms. The van der Waals surface area contributed by atoms with Gasteiger partial charge in [-0.05, 0) is 23.9 Å². The molecule has 0 spiro atoms. The van der Waals surface area contributed by atoms with E-state index in [0.717, 1.165) is 23.2 Å². The van der Waals surface area contributed by atoms with Crippen LogP contribution in [0.4, 0.5) is 0 Å². The number of hydrogen-bond acceptors (Lipinski definition) is 2. The molecule has 0 aliphatic carbocycles. The minimum atomic E-state index is -0.0183. The van der Waals surface area contributed by atoms with E-state index in [1.54, 1.807) is 11.3 Å². The molecule has 0 aliphatic heterocycles. The molecule has 0 radical (unpaired) electrons. The quantitative estimate of drug-likeness (QED) is 0.799. The van der Waals surface area contributed by atoms with Crippen molar-refractivity contribution >= 4 is 27.5 Å². The Bertz CT molecular complexity index is 415. The Balaban J connectivity index is 2.18. The highest BCUT2D eigenvalue weighted by atomic mass is 32.1. The highest BCUT2D eigenvalue weighted by molar-refractivity contribution is 7.17. The van der Waals surface area contributed by atoms with E-state index in [2.05, 4.69) is 10.3 Å². The smallest absolute Gasteiger partial charge is 0.267 e. The Hall–Kier alpha value is -1.29. The lowest BCUT2D eigenvalue weighted by atomic mass is 10.4. The second kappa shape index (κ2) is 3.84. The Morgan fingerprint density at radius 3 is 3.21 bits per heavy atom. The van der Waals surface area contributed by atoms with Crippen LogP contribution in [-0.2, 0) is 0 Å². The second-order valence-corrected chi connectivity index (χ2v) is 4.09. The fourth-order valence-electron chi connectivity index (χ4n) is 1.30. The van der Waals surface area contributed by atoms with Gasteiger partial charge in [-0.25, -0.2) is 0 Å². The first kappa shape index (κ1) is 9.27. The van der Waals surface area contributed by atoms with Crippen molar-refractivity contribution in [1.29, 1.82) is 0 Å². The van der Waals surface area contributed by atoms with E-state index in [1.807, 2.05) is 24.4 Å². The zero-order valence-corrected chi connectivity index (χ0v) is 8.78. The lowest BCUT2D eigenvalue weighted by Gasteiger charge is -1.99. The van der Waals surface area contributed by atoms with Gasteiger partial charge in [0.2, 0.25) is 0 Å². The molecule has 74 valence electrons. The summed E-state index contributed by atoms with van der Waals surface area (Å²) in [4.78, 5) is 14.6. The number of carbonyl (C=O) groups is 1. The van der Waals surface area contributed by atoms with Gasteiger partial charge in [-0.15, -0.1) is 11.3 Å². The normalized spacial score (nSPS) is 10.6. The van der Waals surface area contributed by atoms with Gasteiger partial charge in [-0.3, -0.25) is 4.79 Å². The van der Waals surface area contributed by atoms with Crippen LogP contribution in [0, 0.1) is 0 Å². The molecule has 2 aromatic heterocycles. The third kappa shape index (κ3) is 1.65. The van der Waals surface area contributed by atoms with Crippen molar-refractivity contribution in [3.63, 3.8) is 0 Å². The van der Waals surface area contributed by atoms with Gasteiger partial charge in [0.15, 0.2) is 0 Å². The average Bonchev–Trinajstić information content (AvgIpc) is 2.72. The number of fused-ring (bicyclic) bond motifs is 1. The van der Waals surface area contributed by atoms with Crippen molar-refractivity contribution in [1.82, 2.24) is 10.3 Å². The SMILES string of the molecule is CCCNC(=O)c1cc2sccc2[nH]1. The van der Waals surface area contributed by atoms with Gasteiger partial charge in [0.05, 0.1) is 10.2 Å². The number of rotatable bonds is 3. The standard InChI is InChI=1S/C10H12N2OS/c1-2-4-11-10(13)8-6-9-7(12-8)3-5-14-9/h3,5-6,12H,2,4H2,1H3,(H,11,13). The van der Waals surface area contributed by atoms with Crippen LogP contribution >= 0.6 is 11.3 Å². The number of aromatic nitrogens is 1. The second-order valence-electron chi connectivity index (χ2n) is 3.14. The topological polar surface area (TPSA) is 44.9 Å². The molecule has 14 heavy (non-hydrogen) atoms. The summed E-state index contributed by atoms with van der Waals surface area (Å²) in [6.45, 7) is 2.76. The zero-order chi connectivity index (χ0) is 9.97. The summed E-state index contributed by atoms with van der Waals surface area (Å²) in [5, 5.41) is 4.84. The molecule has 0 unspecified atom stereocenters. The predicted molar refractivity (Wildman–Crippen MR) is 58.8 cm³/mol. The number of nitrogens with one attached hydrogen (secondary N) is 2. The summed E-state index contributed by atoms with van der Waals surface area (Å²) in [6.07, 6.45) is 0.959. The maximum absolute atomic E-state index is 11.5. The monoisotopic (exact) mass is 208 g/mol. The van der Waals surface area contributed by atoms with E-state index in [4.69, 9.17) is 0 Å². The molecular weight excluding hydrogens is 196 g/mol. The molecule has 2 aromatic rings. The third-order valence-electron chi connectivity index (χ3n) is 2.02. The summed E-state index contributed by atoms with van der Waals surface area (Å²) in [5.74, 6) is -0.0183. The Morgan fingerprint density at radius 1 is 1.64 bits per heavy atom. The van der Waals surface area contributed by atoms with E-state index < -0.39 is 0 Å². The molecule has 0 saturated carbocycles. The van der Waals surface area contributed by atoms with Gasteiger partial charge in [-0.1, -0.05) is 6.92 Å². The molecule has 2 heterocycles. The summed E-state index contributed by atoms with van der Waals surface area (Å²) in [5.41, 5.74) is 1.69. The highest BCUT2D eigenvalue weighted by Crippen LogP contribution is 2.20. The molecule has 0 saturated heterocycles. The first-order chi connectivity index (χ1) is 6.81. The van der Waals surface area contributed by atoms with Crippen LogP contribution in [-0.4, -0.2) is 17.4 Å². The number of aromatic amines is 1. The summed E-state index contributed by atoms with van der Waals surface area (Å²) in [7, 11) is 0. The van der Waals surface area contributed by atoms with Crippen LogP contribution in [0.15, 0.2) is 17.5 Å². The van der Waals surface area contributed by atoms with Gasteiger partial charge in [0.25, 0.3) is 5.91 Å². The van der Waals surface area contributed by atoms with Crippen LogP contribution in [0.3, 0.4) is 0 Å². The van der Waals surface area contributed by atoms with Crippen LogP contribution in [0.5, 0.6) is 0 Å². The largest absolute Gasteiger partial charge is 0.351 e. The van der Waals surface area contributed by atoms with Crippen LogP contribution < -0.4 is 5.32 Å². The molecular formula is C10H12N2OS. The minimum Gasteiger partial charge on any atom is -0.351 e. The predicted octanol–water partition coefficient (Wildman–Crippen LogP) is 2.37. The van der Waals surface area contributed by atoms with Crippen molar-refractivity contribution in [3.05, 3.63) is 23.2 Å². The van der Waals surface area contributed by atoms with Crippen LogP contribution in [0.1, 0.15) is 23.8 Å². The summed E-state index contributed by atoms with van der Waals surface area (Å²) < 4.78 is 1.13. The number of amides is 1. The molecule has 0 fully saturated rings. The highest BCUT2D eigenvalue weighted by Gasteiger charge is 2.08. The molecule has 0 aliphatic rings. The summed E-state index contributed by atoms with van der Waals surface area (Å²) in [6, 6.07) is 3.88. The number of carbonyl (C=O) groups excluding carboxylic acids is 1. The maximum atomic E-state index is 11.5. The molecule has 3 nitrogen and oxygen atoms in total. The van der Waals surface area contributed by atoms with Gasteiger partial charge in [0.1, 0.15) is 5.69 Å². The molecule has 2 N–H and O–H groups in total. The number of H-pyrrole nitrogens is 1. The van der Waals surface area contributed by atoms with E-state index in [0.29, 0.717) is 5.69 Å². The van der Waals surface area contributed by atoms with E-state index >= 15 is 0 Å². The fourth-order valence-corrected chi connectivity index (χ4v) is 2.09. The zero-order valence-electron chi connectivity index (χ0n) is 7.96. The van der Waals surface area contributed by atoms with Crippen LogP contribution in [0.25, 0.3) is 10.2 Å². The lowest BCUT2D eigenvalue weighted by Crippen LogP contribution is -2.24. The van der Waals surface area contributed by atoms with Crippen molar-refractivity contribution in [3.8, 4) is 0 Å². The molecule has 2 rings (SSSR count). The van der Waals surface area contributed by atoms with Crippen LogP contribution in [0.2, 0.25) is 0 Å². The number of hydrogen-bond donors (Lipinski definition) is 2. The van der Waals surface area contributed by atoms with E-state index in [1.165, 1.54) is 0 Å². The van der Waals surface area contributed by atoms with Gasteiger partial charge < -0.3 is 10.3 Å². The van der Waals surface area contributed by atoms with Crippen molar-refractivity contribution < 1.29 is 4.79 Å². The summed E-state index contributed by atoms with van der Waals surface area (Å²) >= 11 is 1.64.